The van der Waals surface area contributed by atoms with E-state index in [1.54, 1.807) is 7.11 Å². The molecule has 3 aromatic rings. The molecule has 1 heterocycles. The fraction of sp³-hybridized carbons (Fsp3) is 0.0556. The largest absolute Gasteiger partial charge is 0.497 e. The fourth-order valence-corrected chi connectivity index (χ4v) is 2.08. The summed E-state index contributed by atoms with van der Waals surface area (Å²) in [6.45, 7) is 0. The minimum atomic E-state index is 0.343. The summed E-state index contributed by atoms with van der Waals surface area (Å²) >= 11 is 0. The first-order chi connectivity index (χ1) is 11.3. The van der Waals surface area contributed by atoms with Crippen molar-refractivity contribution < 1.29 is 9.15 Å². The Morgan fingerprint density at radius 1 is 1.00 bits per heavy atom. The van der Waals surface area contributed by atoms with Crippen LogP contribution in [0.15, 0.2) is 75.5 Å². The van der Waals surface area contributed by atoms with Crippen molar-refractivity contribution in [1.29, 1.82) is 5.26 Å². The SMILES string of the molecule is COc1ccc(-c2occ(C#N)c2N=Nc2ccccc2)cc1. The van der Waals surface area contributed by atoms with Gasteiger partial charge in [0.1, 0.15) is 29.3 Å². The van der Waals surface area contributed by atoms with Gasteiger partial charge >= 0.3 is 0 Å². The Labute approximate surface area is 133 Å². The number of ether oxygens (including phenoxy) is 1. The quantitative estimate of drug-likeness (QED) is 0.618. The van der Waals surface area contributed by atoms with Crippen LogP contribution in [-0.4, -0.2) is 7.11 Å². The van der Waals surface area contributed by atoms with Gasteiger partial charge in [0, 0.05) is 5.56 Å². The summed E-state index contributed by atoms with van der Waals surface area (Å²) in [6, 6.07) is 18.7. The molecule has 0 radical (unpaired) electrons. The molecule has 2 aromatic carbocycles. The lowest BCUT2D eigenvalue weighted by Gasteiger charge is -2.01. The molecule has 112 valence electrons. The van der Waals surface area contributed by atoms with Gasteiger partial charge in [0.05, 0.1) is 12.8 Å². The van der Waals surface area contributed by atoms with Crippen LogP contribution in [0.25, 0.3) is 11.3 Å². The van der Waals surface area contributed by atoms with E-state index in [9.17, 15) is 5.26 Å². The highest BCUT2D eigenvalue weighted by Crippen LogP contribution is 2.36. The average Bonchev–Trinajstić information content (AvgIpc) is 3.04. The van der Waals surface area contributed by atoms with Gasteiger partial charge in [-0.05, 0) is 36.4 Å². The molecule has 1 aromatic heterocycles. The lowest BCUT2D eigenvalue weighted by atomic mass is 10.1. The molecule has 0 aliphatic heterocycles. The average molecular weight is 303 g/mol. The zero-order valence-corrected chi connectivity index (χ0v) is 12.4. The number of hydrogen-bond donors (Lipinski definition) is 0. The molecule has 23 heavy (non-hydrogen) atoms. The molecular formula is C18H13N3O2. The van der Waals surface area contributed by atoms with Crippen molar-refractivity contribution in [2.75, 3.05) is 7.11 Å². The van der Waals surface area contributed by atoms with Gasteiger partial charge in [0.25, 0.3) is 0 Å². The molecule has 0 saturated heterocycles. The maximum Gasteiger partial charge on any atom is 0.162 e. The molecule has 0 atom stereocenters. The Balaban J connectivity index is 2.00. The van der Waals surface area contributed by atoms with E-state index >= 15 is 0 Å². The normalized spacial score (nSPS) is 10.6. The van der Waals surface area contributed by atoms with E-state index in [-0.39, 0.29) is 0 Å². The molecule has 0 unspecified atom stereocenters. The maximum absolute atomic E-state index is 9.23. The molecule has 0 N–H and O–H groups in total. The zero-order chi connectivity index (χ0) is 16.1. The second-order valence-electron chi connectivity index (χ2n) is 4.70. The first kappa shape index (κ1) is 14.5. The smallest absolute Gasteiger partial charge is 0.162 e. The Bertz CT molecular complexity index is 860. The van der Waals surface area contributed by atoms with Crippen LogP contribution in [0, 0.1) is 11.3 Å². The fourth-order valence-electron chi connectivity index (χ4n) is 2.08. The van der Waals surface area contributed by atoms with Crippen LogP contribution in [0.3, 0.4) is 0 Å². The lowest BCUT2D eigenvalue weighted by Crippen LogP contribution is -1.82. The Kier molecular flexibility index (Phi) is 4.16. The van der Waals surface area contributed by atoms with Crippen LogP contribution in [0.5, 0.6) is 5.75 Å². The van der Waals surface area contributed by atoms with E-state index in [2.05, 4.69) is 16.3 Å². The van der Waals surface area contributed by atoms with Crippen LogP contribution >= 0.6 is 0 Å². The van der Waals surface area contributed by atoms with Gasteiger partial charge < -0.3 is 9.15 Å². The van der Waals surface area contributed by atoms with Gasteiger partial charge in [-0.3, -0.25) is 0 Å². The molecule has 0 saturated carbocycles. The molecule has 0 spiro atoms. The second kappa shape index (κ2) is 6.58. The highest BCUT2D eigenvalue weighted by Gasteiger charge is 2.15. The second-order valence-corrected chi connectivity index (χ2v) is 4.70. The Hall–Kier alpha value is -3.39. The molecule has 5 heteroatoms. The van der Waals surface area contributed by atoms with E-state index in [0.29, 0.717) is 22.7 Å². The first-order valence-corrected chi connectivity index (χ1v) is 6.94. The van der Waals surface area contributed by atoms with Crippen molar-refractivity contribution in [3.8, 4) is 23.1 Å². The van der Waals surface area contributed by atoms with E-state index in [0.717, 1.165) is 11.3 Å². The van der Waals surface area contributed by atoms with Crippen LogP contribution in [0.1, 0.15) is 5.56 Å². The summed E-state index contributed by atoms with van der Waals surface area (Å²) in [4.78, 5) is 0. The maximum atomic E-state index is 9.23. The molecule has 0 bridgehead atoms. The highest BCUT2D eigenvalue weighted by atomic mass is 16.5. The molecule has 5 nitrogen and oxygen atoms in total. The van der Waals surface area contributed by atoms with Gasteiger partial charge in [-0.2, -0.15) is 10.4 Å². The Morgan fingerprint density at radius 2 is 1.74 bits per heavy atom. The predicted molar refractivity (Wildman–Crippen MR) is 86.0 cm³/mol. The van der Waals surface area contributed by atoms with Crippen molar-refractivity contribution in [2.45, 2.75) is 0 Å². The molecule has 0 amide bonds. The predicted octanol–water partition coefficient (Wildman–Crippen LogP) is 5.24. The monoisotopic (exact) mass is 303 g/mol. The van der Waals surface area contributed by atoms with E-state index in [1.807, 2.05) is 54.6 Å². The summed E-state index contributed by atoms with van der Waals surface area (Å²) in [5, 5.41) is 17.6. The van der Waals surface area contributed by atoms with E-state index in [1.165, 1.54) is 6.26 Å². The summed E-state index contributed by atoms with van der Waals surface area (Å²) in [7, 11) is 1.61. The number of azo groups is 1. The third-order valence-corrected chi connectivity index (χ3v) is 3.26. The summed E-state index contributed by atoms with van der Waals surface area (Å²) in [6.07, 6.45) is 1.39. The van der Waals surface area contributed by atoms with Crippen LogP contribution in [0.2, 0.25) is 0 Å². The van der Waals surface area contributed by atoms with Gasteiger partial charge in [-0.15, -0.1) is 5.11 Å². The number of hydrogen-bond acceptors (Lipinski definition) is 5. The number of rotatable bonds is 4. The number of methoxy groups -OCH3 is 1. The van der Waals surface area contributed by atoms with E-state index in [4.69, 9.17) is 9.15 Å². The number of nitrogens with zero attached hydrogens (tertiary/aromatic N) is 3. The minimum absolute atomic E-state index is 0.343. The standard InChI is InChI=1S/C18H13N3O2/c1-22-16-9-7-13(8-10-16)18-17(14(11-19)12-23-18)21-20-15-5-3-2-4-6-15/h2-10,12H,1H3. The third-order valence-electron chi connectivity index (χ3n) is 3.26. The zero-order valence-electron chi connectivity index (χ0n) is 12.4. The van der Waals surface area contributed by atoms with Crippen molar-refractivity contribution >= 4 is 11.4 Å². The molecule has 0 aliphatic rings. The highest BCUT2D eigenvalue weighted by molar-refractivity contribution is 5.75. The Morgan fingerprint density at radius 3 is 2.39 bits per heavy atom. The van der Waals surface area contributed by atoms with Gasteiger partial charge in [-0.25, -0.2) is 0 Å². The molecular weight excluding hydrogens is 290 g/mol. The van der Waals surface area contributed by atoms with Crippen LogP contribution in [-0.2, 0) is 0 Å². The van der Waals surface area contributed by atoms with Gasteiger partial charge in [-0.1, -0.05) is 18.2 Å². The molecule has 0 fully saturated rings. The number of furan rings is 1. The van der Waals surface area contributed by atoms with Crippen LogP contribution < -0.4 is 4.74 Å². The van der Waals surface area contributed by atoms with Gasteiger partial charge in [0.15, 0.2) is 5.76 Å². The summed E-state index contributed by atoms with van der Waals surface area (Å²) < 4.78 is 10.7. The van der Waals surface area contributed by atoms with Crippen molar-refractivity contribution in [3.05, 3.63) is 66.4 Å². The van der Waals surface area contributed by atoms with Crippen molar-refractivity contribution in [3.63, 3.8) is 0 Å². The number of nitriles is 1. The summed E-state index contributed by atoms with van der Waals surface area (Å²) in [5.74, 6) is 1.25. The lowest BCUT2D eigenvalue weighted by molar-refractivity contribution is 0.415. The molecule has 0 aliphatic carbocycles. The van der Waals surface area contributed by atoms with E-state index < -0.39 is 0 Å². The molecule has 3 rings (SSSR count). The third kappa shape index (κ3) is 3.11. The first-order valence-electron chi connectivity index (χ1n) is 6.94. The topological polar surface area (TPSA) is 70.9 Å². The summed E-state index contributed by atoms with van der Waals surface area (Å²) in [5.41, 5.74) is 2.27. The van der Waals surface area contributed by atoms with Crippen molar-refractivity contribution in [2.24, 2.45) is 10.2 Å². The van der Waals surface area contributed by atoms with Crippen molar-refractivity contribution in [1.82, 2.24) is 0 Å². The number of benzene rings is 2. The van der Waals surface area contributed by atoms with Gasteiger partial charge in [0.2, 0.25) is 0 Å². The van der Waals surface area contributed by atoms with Crippen LogP contribution in [0.4, 0.5) is 11.4 Å². The minimum Gasteiger partial charge on any atom is -0.497 e.